The zero-order chi connectivity index (χ0) is 13.8. The number of aromatic hydroxyl groups is 1. The van der Waals surface area contributed by atoms with E-state index in [-0.39, 0.29) is 36.4 Å². The Labute approximate surface area is 110 Å². The topological polar surface area (TPSA) is 87.1 Å². The average molecular weight is 265 g/mol. The number of phenols is 1. The van der Waals surface area contributed by atoms with Gasteiger partial charge in [-0.25, -0.2) is 0 Å². The summed E-state index contributed by atoms with van der Waals surface area (Å²) in [5, 5.41) is 18.1. The third-order valence-electron chi connectivity index (χ3n) is 2.99. The van der Waals surface area contributed by atoms with Crippen molar-refractivity contribution in [2.45, 2.75) is 6.42 Å². The molecular weight excluding hydrogens is 250 g/mol. The molecule has 0 atom stereocenters. The van der Waals surface area contributed by atoms with Crippen LogP contribution < -0.4 is 4.74 Å². The molecule has 1 aromatic rings. The summed E-state index contributed by atoms with van der Waals surface area (Å²) < 4.78 is 5.21. The van der Waals surface area contributed by atoms with E-state index in [1.807, 2.05) is 0 Å². The zero-order valence-electron chi connectivity index (χ0n) is 10.3. The molecule has 1 fully saturated rings. The first-order valence-corrected chi connectivity index (χ1v) is 5.96. The lowest BCUT2D eigenvalue weighted by atomic mass is 9.96. The lowest BCUT2D eigenvalue weighted by Crippen LogP contribution is -2.52. The molecule has 0 aliphatic carbocycles. The van der Waals surface area contributed by atoms with E-state index in [1.165, 1.54) is 6.07 Å². The van der Waals surface area contributed by atoms with E-state index in [4.69, 9.17) is 9.84 Å². The first kappa shape index (κ1) is 13.2. The molecule has 2 rings (SSSR count). The number of ether oxygens (including phenoxy) is 1. The Morgan fingerprint density at radius 1 is 1.32 bits per heavy atom. The van der Waals surface area contributed by atoms with Gasteiger partial charge in [0, 0.05) is 19.0 Å². The molecule has 2 N–H and O–H groups in total. The van der Waals surface area contributed by atoms with Crippen molar-refractivity contribution in [3.05, 3.63) is 24.3 Å². The largest absolute Gasteiger partial charge is 0.504 e. The standard InChI is InChI=1S/C13H15NO5/c15-10-3-1-2-4-11(10)19-8-12(16)14-6-9(7-14)5-13(17)18/h1-4,9,15H,5-8H2,(H,17,18). The summed E-state index contributed by atoms with van der Waals surface area (Å²) in [5.41, 5.74) is 0. The first-order valence-electron chi connectivity index (χ1n) is 5.96. The molecule has 1 aromatic carbocycles. The van der Waals surface area contributed by atoms with Gasteiger partial charge in [0.05, 0.1) is 6.42 Å². The highest BCUT2D eigenvalue weighted by molar-refractivity contribution is 5.79. The minimum Gasteiger partial charge on any atom is -0.504 e. The van der Waals surface area contributed by atoms with Crippen molar-refractivity contribution < 1.29 is 24.5 Å². The molecule has 102 valence electrons. The summed E-state index contributed by atoms with van der Waals surface area (Å²) in [6.45, 7) is 0.752. The Bertz CT molecular complexity index is 482. The van der Waals surface area contributed by atoms with Gasteiger partial charge in [0.15, 0.2) is 18.1 Å². The Hall–Kier alpha value is -2.24. The molecule has 1 aliphatic heterocycles. The predicted octanol–water partition coefficient (Wildman–Crippen LogP) is 0.704. The third kappa shape index (κ3) is 3.37. The number of carboxylic acids is 1. The van der Waals surface area contributed by atoms with Gasteiger partial charge in [-0.3, -0.25) is 9.59 Å². The lowest BCUT2D eigenvalue weighted by molar-refractivity contribution is -0.146. The van der Waals surface area contributed by atoms with Gasteiger partial charge in [-0.2, -0.15) is 0 Å². The van der Waals surface area contributed by atoms with Crippen LogP contribution in [-0.2, 0) is 9.59 Å². The molecule has 6 heteroatoms. The third-order valence-corrected chi connectivity index (χ3v) is 2.99. The molecule has 6 nitrogen and oxygen atoms in total. The molecule has 0 saturated carbocycles. The fraction of sp³-hybridized carbons (Fsp3) is 0.385. The van der Waals surface area contributed by atoms with Crippen molar-refractivity contribution in [2.75, 3.05) is 19.7 Å². The number of hydrogen-bond donors (Lipinski definition) is 2. The quantitative estimate of drug-likeness (QED) is 0.818. The van der Waals surface area contributed by atoms with Crippen LogP contribution in [0.25, 0.3) is 0 Å². The number of para-hydroxylation sites is 2. The Kier molecular flexibility index (Phi) is 3.89. The molecule has 0 radical (unpaired) electrons. The molecule has 0 aromatic heterocycles. The number of hydrogen-bond acceptors (Lipinski definition) is 4. The maximum Gasteiger partial charge on any atom is 0.303 e. The van der Waals surface area contributed by atoms with Crippen LogP contribution in [0.1, 0.15) is 6.42 Å². The van der Waals surface area contributed by atoms with Crippen molar-refractivity contribution in [1.82, 2.24) is 4.90 Å². The Morgan fingerprint density at radius 2 is 2.00 bits per heavy atom. The number of carboxylic acid groups (broad SMARTS) is 1. The Balaban J connectivity index is 1.75. The maximum absolute atomic E-state index is 11.7. The summed E-state index contributed by atoms with van der Waals surface area (Å²) in [7, 11) is 0. The SMILES string of the molecule is O=C(O)CC1CN(C(=O)COc2ccccc2O)C1. The van der Waals surface area contributed by atoms with Crippen molar-refractivity contribution >= 4 is 11.9 Å². The molecule has 1 aliphatic rings. The minimum absolute atomic E-state index is 0.0114. The monoisotopic (exact) mass is 265 g/mol. The van der Waals surface area contributed by atoms with E-state index in [0.717, 1.165) is 0 Å². The number of aliphatic carboxylic acids is 1. The van der Waals surface area contributed by atoms with Crippen LogP contribution >= 0.6 is 0 Å². The fourth-order valence-corrected chi connectivity index (χ4v) is 1.96. The number of likely N-dealkylation sites (tertiary alicyclic amines) is 1. The van der Waals surface area contributed by atoms with Crippen LogP contribution in [-0.4, -0.2) is 46.7 Å². The summed E-state index contributed by atoms with van der Waals surface area (Å²) in [5.74, 6) is -0.764. The van der Waals surface area contributed by atoms with E-state index in [2.05, 4.69) is 0 Å². The van der Waals surface area contributed by atoms with Gasteiger partial charge in [0.1, 0.15) is 0 Å². The van der Waals surface area contributed by atoms with Gasteiger partial charge < -0.3 is 19.8 Å². The van der Waals surface area contributed by atoms with Crippen molar-refractivity contribution in [2.24, 2.45) is 5.92 Å². The van der Waals surface area contributed by atoms with Gasteiger partial charge in [0.25, 0.3) is 5.91 Å². The van der Waals surface area contributed by atoms with Crippen molar-refractivity contribution in [3.8, 4) is 11.5 Å². The molecule has 1 heterocycles. The maximum atomic E-state index is 11.7. The van der Waals surface area contributed by atoms with Crippen LogP contribution in [0.2, 0.25) is 0 Å². The van der Waals surface area contributed by atoms with E-state index < -0.39 is 5.97 Å². The number of benzene rings is 1. The molecule has 1 amide bonds. The molecule has 19 heavy (non-hydrogen) atoms. The van der Waals surface area contributed by atoms with Crippen LogP contribution in [0.3, 0.4) is 0 Å². The predicted molar refractivity (Wildman–Crippen MR) is 65.9 cm³/mol. The van der Waals surface area contributed by atoms with Gasteiger partial charge >= 0.3 is 5.97 Å². The highest BCUT2D eigenvalue weighted by atomic mass is 16.5. The molecule has 0 spiro atoms. The number of amides is 1. The minimum atomic E-state index is -0.845. The summed E-state index contributed by atoms with van der Waals surface area (Å²) >= 11 is 0. The second-order valence-corrected chi connectivity index (χ2v) is 4.52. The van der Waals surface area contributed by atoms with Crippen molar-refractivity contribution in [3.63, 3.8) is 0 Å². The number of rotatable bonds is 5. The molecule has 0 bridgehead atoms. The van der Waals surface area contributed by atoms with E-state index in [9.17, 15) is 14.7 Å². The summed E-state index contributed by atoms with van der Waals surface area (Å²) in [6, 6.07) is 6.42. The second kappa shape index (κ2) is 5.60. The van der Waals surface area contributed by atoms with Crippen LogP contribution in [0, 0.1) is 5.92 Å². The molecule has 1 saturated heterocycles. The summed E-state index contributed by atoms with van der Waals surface area (Å²) in [4.78, 5) is 23.7. The van der Waals surface area contributed by atoms with Crippen LogP contribution in [0.4, 0.5) is 0 Å². The fourth-order valence-electron chi connectivity index (χ4n) is 1.96. The second-order valence-electron chi connectivity index (χ2n) is 4.52. The van der Waals surface area contributed by atoms with Gasteiger partial charge in [-0.15, -0.1) is 0 Å². The van der Waals surface area contributed by atoms with E-state index in [1.54, 1.807) is 23.1 Å². The van der Waals surface area contributed by atoms with Crippen LogP contribution in [0.5, 0.6) is 11.5 Å². The van der Waals surface area contributed by atoms with Gasteiger partial charge in [0.2, 0.25) is 0 Å². The highest BCUT2D eigenvalue weighted by Gasteiger charge is 2.32. The number of carbonyl (C=O) groups is 2. The summed E-state index contributed by atoms with van der Waals surface area (Å²) in [6.07, 6.45) is 0.0874. The van der Waals surface area contributed by atoms with E-state index in [0.29, 0.717) is 13.1 Å². The highest BCUT2D eigenvalue weighted by Crippen LogP contribution is 2.25. The zero-order valence-corrected chi connectivity index (χ0v) is 10.3. The van der Waals surface area contributed by atoms with Crippen LogP contribution in [0.15, 0.2) is 24.3 Å². The molecule has 0 unspecified atom stereocenters. The van der Waals surface area contributed by atoms with E-state index >= 15 is 0 Å². The number of nitrogens with zero attached hydrogens (tertiary/aromatic N) is 1. The van der Waals surface area contributed by atoms with Gasteiger partial charge in [-0.05, 0) is 12.1 Å². The first-order chi connectivity index (χ1) is 9.06. The number of phenolic OH excluding ortho intramolecular Hbond substituents is 1. The van der Waals surface area contributed by atoms with Gasteiger partial charge in [-0.1, -0.05) is 12.1 Å². The Morgan fingerprint density at radius 3 is 2.63 bits per heavy atom. The lowest BCUT2D eigenvalue weighted by Gasteiger charge is -2.38. The number of carbonyl (C=O) groups excluding carboxylic acids is 1. The smallest absolute Gasteiger partial charge is 0.303 e. The average Bonchev–Trinajstić information content (AvgIpc) is 2.31. The normalized spacial score (nSPS) is 14.8. The van der Waals surface area contributed by atoms with Crippen molar-refractivity contribution in [1.29, 1.82) is 0 Å². The molecular formula is C13H15NO5.